The highest BCUT2D eigenvalue weighted by atomic mass is 32.2. The van der Waals surface area contributed by atoms with Crippen LogP contribution in [0.15, 0.2) is 18.3 Å². The Morgan fingerprint density at radius 1 is 1.30 bits per heavy atom. The van der Waals surface area contributed by atoms with Crippen LogP contribution in [0.5, 0.6) is 5.75 Å². The van der Waals surface area contributed by atoms with Crippen molar-refractivity contribution in [2.24, 2.45) is 0 Å². The molecule has 0 radical (unpaired) electrons. The summed E-state index contributed by atoms with van der Waals surface area (Å²) in [7, 11) is 1.76. The number of thioether (sulfide) groups is 1. The first-order chi connectivity index (χ1) is 11.3. The highest BCUT2D eigenvalue weighted by molar-refractivity contribution is 7.99. The van der Waals surface area contributed by atoms with Crippen LogP contribution in [0.3, 0.4) is 0 Å². The zero-order chi connectivity index (χ0) is 15.6. The fraction of sp³-hybridized carbons (Fsp3) is 0.500. The van der Waals surface area contributed by atoms with E-state index in [0.29, 0.717) is 0 Å². The number of hydrogen-bond acceptors (Lipinski definition) is 5. The molecule has 1 saturated heterocycles. The molecule has 2 aliphatic heterocycles. The van der Waals surface area contributed by atoms with E-state index in [1.54, 1.807) is 7.11 Å². The molecule has 1 aromatic carbocycles. The number of aromatic nitrogens is 1. The Morgan fingerprint density at radius 2 is 2.17 bits per heavy atom. The first-order valence-corrected chi connectivity index (χ1v) is 9.53. The van der Waals surface area contributed by atoms with Crippen molar-refractivity contribution < 1.29 is 4.74 Å². The Kier molecular flexibility index (Phi) is 4.31. The quantitative estimate of drug-likeness (QED) is 0.936. The van der Waals surface area contributed by atoms with E-state index in [2.05, 4.69) is 22.3 Å². The maximum Gasteiger partial charge on any atom is 0.130 e. The minimum absolute atomic E-state index is 0.947. The fourth-order valence-electron chi connectivity index (χ4n) is 3.54. The van der Waals surface area contributed by atoms with Crippen LogP contribution in [0.4, 0.5) is 5.69 Å². The number of aryl methyl sites for hydroxylation is 1. The van der Waals surface area contributed by atoms with E-state index >= 15 is 0 Å². The van der Waals surface area contributed by atoms with Gasteiger partial charge in [0.05, 0.1) is 23.7 Å². The van der Waals surface area contributed by atoms with Crippen molar-refractivity contribution in [3.8, 4) is 5.75 Å². The van der Waals surface area contributed by atoms with Crippen molar-refractivity contribution >= 4 is 28.4 Å². The molecule has 3 heterocycles. The van der Waals surface area contributed by atoms with Gasteiger partial charge in [0.2, 0.25) is 0 Å². The lowest BCUT2D eigenvalue weighted by Gasteiger charge is -2.26. The van der Waals surface area contributed by atoms with Gasteiger partial charge in [0.25, 0.3) is 0 Å². The van der Waals surface area contributed by atoms with Crippen molar-refractivity contribution in [3.63, 3.8) is 0 Å². The molecule has 1 aromatic heterocycles. The first-order valence-electron chi connectivity index (χ1n) is 8.37. The average molecular weight is 329 g/mol. The van der Waals surface area contributed by atoms with Crippen molar-refractivity contribution in [2.75, 3.05) is 43.6 Å². The summed E-state index contributed by atoms with van der Waals surface area (Å²) >= 11 is 2.05. The number of rotatable bonds is 3. The normalized spacial score (nSPS) is 18.5. The maximum absolute atomic E-state index is 5.72. The first kappa shape index (κ1) is 15.1. The standard InChI is InChI=1S/C18H23N3OS/c1-22-16-10-13(12-21-5-7-23-8-6-21)9-15-17(16)18-14(11-20-15)3-2-4-19-18/h9-11,19H,2-8,12H2,1H3. The van der Waals surface area contributed by atoms with E-state index in [9.17, 15) is 0 Å². The van der Waals surface area contributed by atoms with Gasteiger partial charge in [0.15, 0.2) is 0 Å². The van der Waals surface area contributed by atoms with Gasteiger partial charge >= 0.3 is 0 Å². The minimum atomic E-state index is 0.947. The monoisotopic (exact) mass is 329 g/mol. The van der Waals surface area contributed by atoms with Gasteiger partial charge in [-0.2, -0.15) is 11.8 Å². The van der Waals surface area contributed by atoms with Gasteiger partial charge in [-0.3, -0.25) is 9.88 Å². The van der Waals surface area contributed by atoms with Gasteiger partial charge in [-0.15, -0.1) is 0 Å². The second-order valence-electron chi connectivity index (χ2n) is 6.27. The van der Waals surface area contributed by atoms with E-state index in [1.807, 2.05) is 18.0 Å². The van der Waals surface area contributed by atoms with E-state index in [4.69, 9.17) is 9.72 Å². The molecule has 0 amide bonds. The molecule has 5 heteroatoms. The van der Waals surface area contributed by atoms with Crippen molar-refractivity contribution in [1.82, 2.24) is 9.88 Å². The largest absolute Gasteiger partial charge is 0.496 e. The van der Waals surface area contributed by atoms with Crippen LogP contribution in [0, 0.1) is 0 Å². The molecule has 0 saturated carbocycles. The molecule has 1 N–H and O–H groups in total. The summed E-state index contributed by atoms with van der Waals surface area (Å²) in [5.74, 6) is 3.42. The second kappa shape index (κ2) is 6.57. The molecule has 0 unspecified atom stereocenters. The van der Waals surface area contributed by atoms with E-state index in [1.165, 1.54) is 47.8 Å². The van der Waals surface area contributed by atoms with Gasteiger partial charge in [0, 0.05) is 43.9 Å². The Morgan fingerprint density at radius 3 is 3.00 bits per heavy atom. The minimum Gasteiger partial charge on any atom is -0.496 e. The molecular weight excluding hydrogens is 306 g/mol. The lowest BCUT2D eigenvalue weighted by atomic mass is 10.00. The number of nitrogens with zero attached hydrogens (tertiary/aromatic N) is 2. The topological polar surface area (TPSA) is 37.4 Å². The van der Waals surface area contributed by atoms with Crippen molar-refractivity contribution in [2.45, 2.75) is 19.4 Å². The zero-order valence-corrected chi connectivity index (χ0v) is 14.4. The summed E-state index contributed by atoms with van der Waals surface area (Å²) in [5, 5.41) is 4.69. The number of hydrogen-bond donors (Lipinski definition) is 1. The molecule has 2 aliphatic rings. The Hall–Kier alpha value is -1.46. The lowest BCUT2D eigenvalue weighted by molar-refractivity contribution is 0.294. The van der Waals surface area contributed by atoms with Gasteiger partial charge in [-0.1, -0.05) is 0 Å². The van der Waals surface area contributed by atoms with Gasteiger partial charge in [0.1, 0.15) is 5.75 Å². The highest BCUT2D eigenvalue weighted by Crippen LogP contribution is 2.37. The molecule has 23 heavy (non-hydrogen) atoms. The Labute approximate surface area is 141 Å². The van der Waals surface area contributed by atoms with Crippen molar-refractivity contribution in [3.05, 3.63) is 29.5 Å². The predicted octanol–water partition coefficient (Wildman–Crippen LogP) is 3.15. The summed E-state index contributed by atoms with van der Waals surface area (Å²) in [4.78, 5) is 7.24. The number of pyridine rings is 1. The van der Waals surface area contributed by atoms with E-state index in [-0.39, 0.29) is 0 Å². The molecule has 0 atom stereocenters. The van der Waals surface area contributed by atoms with E-state index < -0.39 is 0 Å². The molecule has 122 valence electrons. The third-order valence-electron chi connectivity index (χ3n) is 4.73. The van der Waals surface area contributed by atoms with Crippen LogP contribution < -0.4 is 10.1 Å². The molecular formula is C18H23N3OS. The van der Waals surface area contributed by atoms with Crippen LogP contribution in [-0.2, 0) is 13.0 Å². The van der Waals surface area contributed by atoms with Gasteiger partial charge < -0.3 is 10.1 Å². The number of ether oxygens (including phenoxy) is 1. The van der Waals surface area contributed by atoms with Gasteiger partial charge in [-0.05, 0) is 36.1 Å². The van der Waals surface area contributed by atoms with Crippen LogP contribution >= 0.6 is 11.8 Å². The SMILES string of the molecule is COc1cc(CN2CCSCC2)cc2ncc3c(c12)NCCC3. The maximum atomic E-state index is 5.72. The molecule has 2 aromatic rings. The van der Waals surface area contributed by atoms with Crippen LogP contribution in [0.1, 0.15) is 17.5 Å². The molecule has 4 nitrogen and oxygen atoms in total. The Bertz CT molecular complexity index is 713. The number of benzene rings is 1. The third kappa shape index (κ3) is 3.00. The predicted molar refractivity (Wildman–Crippen MR) is 97.7 cm³/mol. The number of fused-ring (bicyclic) bond motifs is 3. The summed E-state index contributed by atoms with van der Waals surface area (Å²) < 4.78 is 5.72. The molecule has 4 rings (SSSR count). The third-order valence-corrected chi connectivity index (χ3v) is 5.67. The summed E-state index contributed by atoms with van der Waals surface area (Å²) in [6.45, 7) is 4.36. The number of nitrogens with one attached hydrogen (secondary N) is 1. The average Bonchev–Trinajstić information content (AvgIpc) is 2.61. The Balaban J connectivity index is 1.73. The molecule has 0 spiro atoms. The molecule has 0 bridgehead atoms. The molecule has 1 fully saturated rings. The van der Waals surface area contributed by atoms with Crippen LogP contribution in [0.2, 0.25) is 0 Å². The smallest absolute Gasteiger partial charge is 0.130 e. The number of anilines is 1. The second-order valence-corrected chi connectivity index (χ2v) is 7.49. The summed E-state index contributed by atoms with van der Waals surface area (Å²) in [5.41, 5.74) is 4.87. The summed E-state index contributed by atoms with van der Waals surface area (Å²) in [6, 6.07) is 4.43. The van der Waals surface area contributed by atoms with E-state index in [0.717, 1.165) is 36.2 Å². The van der Waals surface area contributed by atoms with Crippen LogP contribution in [-0.4, -0.2) is 48.1 Å². The lowest BCUT2D eigenvalue weighted by Crippen LogP contribution is -2.31. The zero-order valence-electron chi connectivity index (χ0n) is 13.6. The fourth-order valence-corrected chi connectivity index (χ4v) is 4.51. The molecule has 0 aliphatic carbocycles. The van der Waals surface area contributed by atoms with Crippen molar-refractivity contribution in [1.29, 1.82) is 0 Å². The highest BCUT2D eigenvalue weighted by Gasteiger charge is 2.18. The van der Waals surface area contributed by atoms with Crippen LogP contribution in [0.25, 0.3) is 10.9 Å². The van der Waals surface area contributed by atoms with Gasteiger partial charge in [-0.25, -0.2) is 0 Å². The number of methoxy groups -OCH3 is 1. The summed E-state index contributed by atoms with van der Waals surface area (Å²) in [6.07, 6.45) is 4.31.